The second-order valence-corrected chi connectivity index (χ2v) is 6.69. The second-order valence-electron chi connectivity index (χ2n) is 5.03. The third kappa shape index (κ3) is 3.72. The number of sulfonamides is 1. The molecule has 2 aromatic heterocycles. The minimum Gasteiger partial charge on any atom is -0.467 e. The maximum atomic E-state index is 12.2. The number of aliphatic hydroxyl groups is 1. The molecule has 0 aliphatic heterocycles. The summed E-state index contributed by atoms with van der Waals surface area (Å²) in [5, 5.41) is 9.92. The predicted octanol–water partition coefficient (Wildman–Crippen LogP) is 1.11. The number of aromatic nitrogens is 2. The Morgan fingerprint density at radius 3 is 2.76 bits per heavy atom. The molecule has 2 aromatic rings. The number of imidazole rings is 1. The minimum absolute atomic E-state index is 0.0261. The number of nitrogens with one attached hydrogen (secondary N) is 1. The molecule has 0 unspecified atom stereocenters. The zero-order valence-corrected chi connectivity index (χ0v) is 13.0. The van der Waals surface area contributed by atoms with Crippen LogP contribution in [0.5, 0.6) is 0 Å². The van der Waals surface area contributed by atoms with Crippen LogP contribution in [0.1, 0.15) is 31.0 Å². The highest BCUT2D eigenvalue weighted by atomic mass is 32.2. The Morgan fingerprint density at radius 1 is 1.52 bits per heavy atom. The summed E-state index contributed by atoms with van der Waals surface area (Å²) in [6, 6.07) is 2.86. The van der Waals surface area contributed by atoms with Crippen LogP contribution in [0, 0.1) is 6.92 Å². The highest BCUT2D eigenvalue weighted by Crippen LogP contribution is 2.19. The number of nitrogens with zero attached hydrogens (tertiary/aromatic N) is 2. The van der Waals surface area contributed by atoms with Crippen molar-refractivity contribution in [2.45, 2.75) is 37.4 Å². The minimum atomic E-state index is -3.70. The number of hydrogen-bond acceptors (Lipinski definition) is 5. The van der Waals surface area contributed by atoms with E-state index in [0.717, 1.165) is 0 Å². The van der Waals surface area contributed by atoms with Gasteiger partial charge in [0.15, 0.2) is 5.03 Å². The van der Waals surface area contributed by atoms with E-state index in [9.17, 15) is 13.5 Å². The van der Waals surface area contributed by atoms with Crippen molar-refractivity contribution in [3.05, 3.63) is 36.2 Å². The third-order valence-corrected chi connectivity index (χ3v) is 4.63. The average Bonchev–Trinajstić information content (AvgIpc) is 2.99. The lowest BCUT2D eigenvalue weighted by Crippen LogP contribution is -2.34. The predicted molar refractivity (Wildman–Crippen MR) is 76.0 cm³/mol. The molecular formula is C13H19N3O4S. The van der Waals surface area contributed by atoms with Crippen LogP contribution in [0.3, 0.4) is 0 Å². The van der Waals surface area contributed by atoms with E-state index in [1.807, 2.05) is 0 Å². The van der Waals surface area contributed by atoms with E-state index in [1.165, 1.54) is 12.5 Å². The number of furan rings is 1. The fraction of sp³-hybridized carbons (Fsp3) is 0.462. The van der Waals surface area contributed by atoms with E-state index in [0.29, 0.717) is 11.6 Å². The normalized spacial score (nSPS) is 15.0. The molecule has 116 valence electrons. The average molecular weight is 313 g/mol. The smallest absolute Gasteiger partial charge is 0.259 e. The van der Waals surface area contributed by atoms with Gasteiger partial charge in [-0.2, -0.15) is 0 Å². The molecule has 2 atom stereocenters. The zero-order chi connectivity index (χ0) is 15.6. The van der Waals surface area contributed by atoms with Crippen molar-refractivity contribution >= 4 is 10.0 Å². The molecule has 0 fully saturated rings. The van der Waals surface area contributed by atoms with Crippen LogP contribution >= 0.6 is 0 Å². The first-order chi connectivity index (χ1) is 9.79. The molecule has 0 aromatic carbocycles. The van der Waals surface area contributed by atoms with Crippen LogP contribution in [0.2, 0.25) is 0 Å². The van der Waals surface area contributed by atoms with E-state index in [-0.39, 0.29) is 11.4 Å². The molecule has 0 radical (unpaired) electrons. The highest BCUT2D eigenvalue weighted by molar-refractivity contribution is 7.89. The molecule has 0 bridgehead atoms. The first-order valence-corrected chi connectivity index (χ1v) is 8.01. The summed E-state index contributed by atoms with van der Waals surface area (Å²) in [6.07, 6.45) is 2.26. The van der Waals surface area contributed by atoms with Crippen LogP contribution in [0.15, 0.2) is 34.0 Å². The Labute approximate surface area is 123 Å². The van der Waals surface area contributed by atoms with E-state index in [1.54, 1.807) is 37.6 Å². The summed E-state index contributed by atoms with van der Waals surface area (Å²) in [4.78, 5) is 4.00. The summed E-state index contributed by atoms with van der Waals surface area (Å²) in [5.74, 6) is 1.02. The van der Waals surface area contributed by atoms with Gasteiger partial charge in [-0.15, -0.1) is 0 Å². The molecule has 0 aliphatic rings. The van der Waals surface area contributed by atoms with Gasteiger partial charge in [-0.3, -0.25) is 0 Å². The van der Waals surface area contributed by atoms with Crippen molar-refractivity contribution in [1.82, 2.24) is 14.3 Å². The quantitative estimate of drug-likeness (QED) is 0.832. The molecule has 0 aliphatic carbocycles. The molecule has 0 saturated heterocycles. The lowest BCUT2D eigenvalue weighted by Gasteiger charge is -2.15. The van der Waals surface area contributed by atoms with Crippen molar-refractivity contribution < 1.29 is 17.9 Å². The maximum absolute atomic E-state index is 12.2. The summed E-state index contributed by atoms with van der Waals surface area (Å²) in [5.41, 5.74) is 0. The van der Waals surface area contributed by atoms with Gasteiger partial charge in [0.05, 0.1) is 6.26 Å². The Hall–Kier alpha value is -1.64. The topological polar surface area (TPSA) is 97.4 Å². The van der Waals surface area contributed by atoms with E-state index in [2.05, 4.69) is 9.71 Å². The highest BCUT2D eigenvalue weighted by Gasteiger charge is 2.23. The Balaban J connectivity index is 2.03. The van der Waals surface area contributed by atoms with Gasteiger partial charge in [0.2, 0.25) is 0 Å². The molecule has 7 nitrogen and oxygen atoms in total. The van der Waals surface area contributed by atoms with Gasteiger partial charge in [-0.1, -0.05) is 0 Å². The largest absolute Gasteiger partial charge is 0.467 e. The fourth-order valence-corrected chi connectivity index (χ4v) is 3.26. The summed E-state index contributed by atoms with van der Waals surface area (Å²) in [7, 11) is -1.97. The number of hydrogen-bond donors (Lipinski definition) is 2. The monoisotopic (exact) mass is 313 g/mol. The van der Waals surface area contributed by atoms with Gasteiger partial charge in [0, 0.05) is 19.3 Å². The van der Waals surface area contributed by atoms with E-state index in [4.69, 9.17) is 4.42 Å². The van der Waals surface area contributed by atoms with Crippen LogP contribution in [-0.4, -0.2) is 29.1 Å². The van der Waals surface area contributed by atoms with Gasteiger partial charge in [-0.05, 0) is 32.4 Å². The summed E-state index contributed by atoms with van der Waals surface area (Å²) < 4.78 is 33.6. The first-order valence-electron chi connectivity index (χ1n) is 6.53. The summed E-state index contributed by atoms with van der Waals surface area (Å²) in [6.45, 7) is 3.41. The number of rotatable bonds is 6. The summed E-state index contributed by atoms with van der Waals surface area (Å²) >= 11 is 0. The van der Waals surface area contributed by atoms with Crippen molar-refractivity contribution in [3.8, 4) is 0 Å². The number of aliphatic hydroxyl groups excluding tert-OH is 1. The molecule has 0 spiro atoms. The molecule has 0 amide bonds. The molecule has 21 heavy (non-hydrogen) atoms. The van der Waals surface area contributed by atoms with Gasteiger partial charge in [0.1, 0.15) is 17.7 Å². The Bertz CT molecular complexity index is 672. The second kappa shape index (κ2) is 6.00. The lowest BCUT2D eigenvalue weighted by atomic mass is 10.1. The SMILES string of the molecule is Cc1nc(S(=O)(=O)N[C@H](C)C[C@H](O)c2ccco2)cn1C. The fourth-order valence-electron chi connectivity index (χ4n) is 1.96. The maximum Gasteiger partial charge on any atom is 0.259 e. The molecule has 2 N–H and O–H groups in total. The van der Waals surface area contributed by atoms with Crippen molar-refractivity contribution in [1.29, 1.82) is 0 Å². The number of aryl methyl sites for hydroxylation is 2. The van der Waals surface area contributed by atoms with Crippen molar-refractivity contribution in [2.75, 3.05) is 0 Å². The van der Waals surface area contributed by atoms with Crippen LogP contribution < -0.4 is 4.72 Å². The van der Waals surface area contributed by atoms with Crippen molar-refractivity contribution in [3.63, 3.8) is 0 Å². The lowest BCUT2D eigenvalue weighted by molar-refractivity contribution is 0.132. The van der Waals surface area contributed by atoms with Gasteiger partial charge in [0.25, 0.3) is 10.0 Å². The molecule has 8 heteroatoms. The molecule has 2 heterocycles. The van der Waals surface area contributed by atoms with Crippen LogP contribution in [0.4, 0.5) is 0 Å². The standard InChI is InChI=1S/C13H19N3O4S/c1-9(7-11(17)12-5-4-6-20-12)15-21(18,19)13-8-16(3)10(2)14-13/h4-6,8-9,11,15,17H,7H2,1-3H3/t9-,11+/m1/s1. The van der Waals surface area contributed by atoms with Crippen LogP contribution in [-0.2, 0) is 17.1 Å². The van der Waals surface area contributed by atoms with Crippen LogP contribution in [0.25, 0.3) is 0 Å². The van der Waals surface area contributed by atoms with E-state index >= 15 is 0 Å². The van der Waals surface area contributed by atoms with Crippen molar-refractivity contribution in [2.24, 2.45) is 7.05 Å². The van der Waals surface area contributed by atoms with Gasteiger partial charge < -0.3 is 14.1 Å². The van der Waals surface area contributed by atoms with Gasteiger partial charge in [-0.25, -0.2) is 18.1 Å². The molecule has 2 rings (SSSR count). The molecular weight excluding hydrogens is 294 g/mol. The Morgan fingerprint density at radius 2 is 2.24 bits per heavy atom. The molecule has 0 saturated carbocycles. The van der Waals surface area contributed by atoms with Gasteiger partial charge >= 0.3 is 0 Å². The first kappa shape index (κ1) is 15.7. The zero-order valence-electron chi connectivity index (χ0n) is 12.1. The third-order valence-electron chi connectivity index (χ3n) is 3.17. The van der Waals surface area contributed by atoms with E-state index < -0.39 is 22.2 Å². The Kier molecular flexibility index (Phi) is 4.50.